The van der Waals surface area contributed by atoms with Crippen molar-refractivity contribution in [3.8, 4) is 22.9 Å². The van der Waals surface area contributed by atoms with Gasteiger partial charge in [-0.05, 0) is 36.8 Å². The van der Waals surface area contributed by atoms with Crippen LogP contribution in [0.15, 0.2) is 48.9 Å². The molecule has 0 saturated heterocycles. The zero-order valence-corrected chi connectivity index (χ0v) is 19.3. The van der Waals surface area contributed by atoms with Crippen LogP contribution in [0.4, 0.5) is 5.13 Å². The Morgan fingerprint density at radius 1 is 1.30 bits per heavy atom. The smallest absolute Gasteiger partial charge is 0.254 e. The highest BCUT2D eigenvalue weighted by molar-refractivity contribution is 7.16. The molecule has 4 rings (SSSR count). The topological polar surface area (TPSA) is 125 Å². The van der Waals surface area contributed by atoms with E-state index in [1.54, 1.807) is 35.1 Å². The van der Waals surface area contributed by atoms with Crippen molar-refractivity contribution in [3.63, 3.8) is 0 Å². The Labute approximate surface area is 198 Å². The molecule has 0 aliphatic heterocycles. The van der Waals surface area contributed by atoms with Crippen LogP contribution >= 0.6 is 22.9 Å². The maximum absolute atomic E-state index is 12.6. The van der Waals surface area contributed by atoms with Gasteiger partial charge in [0, 0.05) is 29.9 Å². The summed E-state index contributed by atoms with van der Waals surface area (Å²) >= 11 is 7.73. The molecule has 11 heteroatoms. The van der Waals surface area contributed by atoms with E-state index in [0.717, 1.165) is 16.1 Å². The number of nitrogens with zero attached hydrogens (tertiary/aromatic N) is 4. The number of amides is 2. The van der Waals surface area contributed by atoms with Gasteiger partial charge in [-0.3, -0.25) is 14.3 Å². The van der Waals surface area contributed by atoms with Crippen LogP contribution in [0.5, 0.6) is 11.6 Å². The van der Waals surface area contributed by atoms with Crippen LogP contribution in [0.25, 0.3) is 11.3 Å². The summed E-state index contributed by atoms with van der Waals surface area (Å²) in [7, 11) is 1.84. The summed E-state index contributed by atoms with van der Waals surface area (Å²) in [6.07, 6.45) is 5.18. The van der Waals surface area contributed by atoms with Gasteiger partial charge in [0.15, 0.2) is 5.13 Å². The molecule has 4 aromatic rings. The Morgan fingerprint density at radius 3 is 2.82 bits per heavy atom. The molecule has 9 nitrogen and oxygen atoms in total. The molecule has 0 unspecified atom stereocenters. The Balaban J connectivity index is 1.43. The summed E-state index contributed by atoms with van der Waals surface area (Å²) in [6.45, 7) is 1.94. The Bertz CT molecular complexity index is 1350. The molecule has 0 atom stereocenters. The number of aromatic nitrogens is 4. The van der Waals surface area contributed by atoms with Gasteiger partial charge in [-0.2, -0.15) is 5.10 Å². The first kappa shape index (κ1) is 22.4. The molecule has 0 fully saturated rings. The number of primary amides is 1. The molecule has 0 radical (unpaired) electrons. The summed E-state index contributed by atoms with van der Waals surface area (Å²) in [4.78, 5) is 33.6. The van der Waals surface area contributed by atoms with Gasteiger partial charge in [0.25, 0.3) is 5.91 Å². The molecule has 33 heavy (non-hydrogen) atoms. The molecule has 0 aliphatic carbocycles. The number of halogens is 1. The minimum absolute atomic E-state index is 0.0564. The van der Waals surface area contributed by atoms with Gasteiger partial charge in [-0.25, -0.2) is 9.97 Å². The molecular formula is C22H19ClN6O3S. The number of thiazole rings is 1. The lowest BCUT2D eigenvalue weighted by molar-refractivity contribution is -0.115. The van der Waals surface area contributed by atoms with Gasteiger partial charge in [0.2, 0.25) is 11.8 Å². The van der Waals surface area contributed by atoms with Crippen molar-refractivity contribution < 1.29 is 14.3 Å². The van der Waals surface area contributed by atoms with E-state index in [4.69, 9.17) is 22.1 Å². The second-order valence-electron chi connectivity index (χ2n) is 7.14. The van der Waals surface area contributed by atoms with Gasteiger partial charge in [0.05, 0.1) is 23.3 Å². The quantitative estimate of drug-likeness (QED) is 0.410. The number of carbonyl (C=O) groups excluding carboxylic acids is 2. The highest BCUT2D eigenvalue weighted by Gasteiger charge is 2.16. The van der Waals surface area contributed by atoms with E-state index < -0.39 is 5.91 Å². The third-order valence-corrected chi connectivity index (χ3v) is 5.81. The van der Waals surface area contributed by atoms with Gasteiger partial charge in [-0.1, -0.05) is 17.7 Å². The van der Waals surface area contributed by atoms with Gasteiger partial charge >= 0.3 is 0 Å². The SMILES string of the molecule is Cc1sc(NC(=O)Cc2ccc(Oc3ncccc3C(N)=O)c(Cl)c2)nc1-c1cnn(C)c1. The number of carbonyl (C=O) groups is 2. The maximum atomic E-state index is 12.6. The summed E-state index contributed by atoms with van der Waals surface area (Å²) in [5, 5.41) is 7.77. The highest BCUT2D eigenvalue weighted by Crippen LogP contribution is 2.32. The molecule has 3 heterocycles. The number of benzene rings is 1. The zero-order valence-electron chi connectivity index (χ0n) is 17.7. The van der Waals surface area contributed by atoms with Gasteiger partial charge in [-0.15, -0.1) is 11.3 Å². The third kappa shape index (κ3) is 5.18. The van der Waals surface area contributed by atoms with Gasteiger partial charge < -0.3 is 15.8 Å². The van der Waals surface area contributed by atoms with Crippen molar-refractivity contribution in [2.24, 2.45) is 12.8 Å². The summed E-state index contributed by atoms with van der Waals surface area (Å²) in [6, 6.07) is 8.04. The molecule has 168 valence electrons. The number of nitrogens with one attached hydrogen (secondary N) is 1. The lowest BCUT2D eigenvalue weighted by atomic mass is 10.1. The summed E-state index contributed by atoms with van der Waals surface area (Å²) < 4.78 is 7.36. The number of hydrogen-bond donors (Lipinski definition) is 2. The number of aryl methyl sites for hydroxylation is 2. The number of ether oxygens (including phenoxy) is 1. The average molecular weight is 483 g/mol. The Morgan fingerprint density at radius 2 is 2.12 bits per heavy atom. The third-order valence-electron chi connectivity index (χ3n) is 4.63. The number of nitrogens with two attached hydrogens (primary N) is 1. The van der Waals surface area contributed by atoms with Crippen LogP contribution in [0.3, 0.4) is 0 Å². The molecule has 3 aromatic heterocycles. The van der Waals surface area contributed by atoms with Crippen LogP contribution in [-0.4, -0.2) is 31.6 Å². The van der Waals surface area contributed by atoms with Crippen molar-refractivity contribution >= 4 is 39.9 Å². The minimum Gasteiger partial charge on any atom is -0.437 e. The van der Waals surface area contributed by atoms with E-state index in [1.165, 1.54) is 23.6 Å². The number of anilines is 1. The molecular weight excluding hydrogens is 464 g/mol. The number of pyridine rings is 1. The van der Waals surface area contributed by atoms with E-state index in [1.807, 2.05) is 20.2 Å². The molecule has 0 saturated carbocycles. The zero-order chi connectivity index (χ0) is 23.5. The minimum atomic E-state index is -0.661. The van der Waals surface area contributed by atoms with Crippen molar-refractivity contribution in [3.05, 3.63) is 69.9 Å². The van der Waals surface area contributed by atoms with Crippen molar-refractivity contribution in [1.82, 2.24) is 19.7 Å². The van der Waals surface area contributed by atoms with Crippen LogP contribution in [-0.2, 0) is 18.3 Å². The maximum Gasteiger partial charge on any atom is 0.254 e. The summed E-state index contributed by atoms with van der Waals surface area (Å²) in [5.41, 5.74) is 7.85. The predicted octanol–water partition coefficient (Wildman–Crippen LogP) is 3.97. The summed E-state index contributed by atoms with van der Waals surface area (Å²) in [5.74, 6) is -0.543. The highest BCUT2D eigenvalue weighted by atomic mass is 35.5. The lowest BCUT2D eigenvalue weighted by Gasteiger charge is -2.10. The fraction of sp³-hybridized carbons (Fsp3) is 0.136. The number of hydrogen-bond acceptors (Lipinski definition) is 7. The fourth-order valence-corrected chi connectivity index (χ4v) is 4.20. The molecule has 0 spiro atoms. The average Bonchev–Trinajstić information content (AvgIpc) is 3.35. The van der Waals surface area contributed by atoms with Crippen LogP contribution in [0.1, 0.15) is 20.8 Å². The van der Waals surface area contributed by atoms with E-state index in [9.17, 15) is 9.59 Å². The molecule has 3 N–H and O–H groups in total. The number of rotatable bonds is 7. The lowest BCUT2D eigenvalue weighted by Crippen LogP contribution is -2.14. The van der Waals surface area contributed by atoms with E-state index in [2.05, 4.69) is 20.4 Å². The van der Waals surface area contributed by atoms with E-state index >= 15 is 0 Å². The fourth-order valence-electron chi connectivity index (χ4n) is 3.11. The second kappa shape index (κ2) is 9.39. The van der Waals surface area contributed by atoms with Crippen molar-refractivity contribution in [2.45, 2.75) is 13.3 Å². The van der Waals surface area contributed by atoms with Crippen LogP contribution < -0.4 is 15.8 Å². The van der Waals surface area contributed by atoms with Crippen molar-refractivity contribution in [1.29, 1.82) is 0 Å². The first-order valence-electron chi connectivity index (χ1n) is 9.77. The Kier molecular flexibility index (Phi) is 6.38. The van der Waals surface area contributed by atoms with Crippen LogP contribution in [0, 0.1) is 6.92 Å². The normalized spacial score (nSPS) is 10.8. The molecule has 0 aliphatic rings. The molecule has 1 aromatic carbocycles. The van der Waals surface area contributed by atoms with Gasteiger partial charge in [0.1, 0.15) is 11.3 Å². The monoisotopic (exact) mass is 482 g/mol. The molecule has 0 bridgehead atoms. The predicted molar refractivity (Wildman–Crippen MR) is 126 cm³/mol. The standard InChI is InChI=1S/C22H19ClN6O3S/c1-12-19(14-10-26-29(2)11-14)28-22(33-12)27-18(30)9-13-5-6-17(16(23)8-13)32-21-15(20(24)31)4-3-7-25-21/h3-8,10-11H,9H2,1-2H3,(H2,24,31)(H,27,28,30). The van der Waals surface area contributed by atoms with E-state index in [-0.39, 0.29) is 28.8 Å². The first-order chi connectivity index (χ1) is 15.8. The van der Waals surface area contributed by atoms with E-state index in [0.29, 0.717) is 16.4 Å². The van der Waals surface area contributed by atoms with Crippen molar-refractivity contribution in [2.75, 3.05) is 5.32 Å². The Hall–Kier alpha value is -3.76. The van der Waals surface area contributed by atoms with Crippen LogP contribution in [0.2, 0.25) is 5.02 Å². The largest absolute Gasteiger partial charge is 0.437 e. The molecule has 2 amide bonds. The first-order valence-corrected chi connectivity index (χ1v) is 11.0. The second-order valence-corrected chi connectivity index (χ2v) is 8.75.